The van der Waals surface area contributed by atoms with E-state index in [-0.39, 0.29) is 11.9 Å². The molecule has 3 nitrogen and oxygen atoms in total. The highest BCUT2D eigenvalue weighted by Gasteiger charge is 2.07. The summed E-state index contributed by atoms with van der Waals surface area (Å²) in [6.45, 7) is 7.22. The highest BCUT2D eigenvalue weighted by molar-refractivity contribution is 5.95. The number of aryl methyl sites for hydroxylation is 1. The standard InChI is InChI=1S/C11H15NO2/c1-7(2)14-11-6-5-10(9(4)13)8(3)12-11/h5-7H,1-4H3. The molecule has 0 aliphatic carbocycles. The summed E-state index contributed by atoms with van der Waals surface area (Å²) >= 11 is 0. The van der Waals surface area contributed by atoms with Gasteiger partial charge in [0.05, 0.1) is 11.8 Å². The lowest BCUT2D eigenvalue weighted by Crippen LogP contribution is -2.08. The molecule has 1 aromatic heterocycles. The van der Waals surface area contributed by atoms with Crippen LogP contribution in [0.2, 0.25) is 0 Å². The van der Waals surface area contributed by atoms with Crippen molar-refractivity contribution in [1.29, 1.82) is 0 Å². The van der Waals surface area contributed by atoms with E-state index in [1.165, 1.54) is 6.92 Å². The van der Waals surface area contributed by atoms with Crippen molar-refractivity contribution in [2.24, 2.45) is 0 Å². The van der Waals surface area contributed by atoms with Gasteiger partial charge in [0, 0.05) is 11.6 Å². The molecule has 0 aliphatic heterocycles. The number of nitrogens with zero attached hydrogens (tertiary/aromatic N) is 1. The van der Waals surface area contributed by atoms with Crippen LogP contribution >= 0.6 is 0 Å². The second-order valence-electron chi connectivity index (χ2n) is 3.51. The van der Waals surface area contributed by atoms with Gasteiger partial charge in [-0.05, 0) is 33.8 Å². The van der Waals surface area contributed by atoms with Gasteiger partial charge >= 0.3 is 0 Å². The van der Waals surface area contributed by atoms with Crippen molar-refractivity contribution in [3.05, 3.63) is 23.4 Å². The van der Waals surface area contributed by atoms with Crippen molar-refractivity contribution in [3.63, 3.8) is 0 Å². The summed E-state index contributed by atoms with van der Waals surface area (Å²) in [5.74, 6) is 0.605. The Balaban J connectivity index is 2.94. The van der Waals surface area contributed by atoms with Gasteiger partial charge in [0.15, 0.2) is 5.78 Å². The van der Waals surface area contributed by atoms with Crippen molar-refractivity contribution in [3.8, 4) is 5.88 Å². The Hall–Kier alpha value is -1.38. The number of aromatic nitrogens is 1. The average molecular weight is 193 g/mol. The monoisotopic (exact) mass is 193 g/mol. The van der Waals surface area contributed by atoms with Crippen LogP contribution in [-0.2, 0) is 0 Å². The number of hydrogen-bond donors (Lipinski definition) is 0. The molecule has 0 unspecified atom stereocenters. The summed E-state index contributed by atoms with van der Waals surface area (Å²) in [6, 6.07) is 3.48. The second kappa shape index (κ2) is 4.22. The molecular formula is C11H15NO2. The minimum Gasteiger partial charge on any atom is -0.475 e. The molecule has 1 rings (SSSR count). The fourth-order valence-corrected chi connectivity index (χ4v) is 1.22. The first kappa shape index (κ1) is 10.7. The van der Waals surface area contributed by atoms with Crippen LogP contribution in [0.15, 0.2) is 12.1 Å². The summed E-state index contributed by atoms with van der Waals surface area (Å²) in [7, 11) is 0. The Bertz CT molecular complexity index is 345. The van der Waals surface area contributed by atoms with E-state index in [9.17, 15) is 4.79 Å². The number of rotatable bonds is 3. The molecule has 0 bridgehead atoms. The lowest BCUT2D eigenvalue weighted by molar-refractivity contribution is 0.101. The fraction of sp³-hybridized carbons (Fsp3) is 0.455. The SMILES string of the molecule is CC(=O)c1ccc(OC(C)C)nc1C. The zero-order chi connectivity index (χ0) is 10.7. The molecule has 0 aromatic carbocycles. The molecule has 0 atom stereocenters. The van der Waals surface area contributed by atoms with E-state index in [0.29, 0.717) is 11.4 Å². The normalized spacial score (nSPS) is 10.4. The van der Waals surface area contributed by atoms with Crippen LogP contribution in [0, 0.1) is 6.92 Å². The van der Waals surface area contributed by atoms with E-state index in [4.69, 9.17) is 4.74 Å². The van der Waals surface area contributed by atoms with Gasteiger partial charge in [-0.3, -0.25) is 4.79 Å². The lowest BCUT2D eigenvalue weighted by Gasteiger charge is -2.09. The predicted octanol–water partition coefficient (Wildman–Crippen LogP) is 2.38. The summed E-state index contributed by atoms with van der Waals surface area (Å²) in [4.78, 5) is 15.3. The van der Waals surface area contributed by atoms with Crippen LogP contribution < -0.4 is 4.74 Å². The van der Waals surface area contributed by atoms with Gasteiger partial charge in [-0.1, -0.05) is 0 Å². The minimum atomic E-state index is 0.0334. The second-order valence-corrected chi connectivity index (χ2v) is 3.51. The number of ketones is 1. The zero-order valence-electron chi connectivity index (χ0n) is 9.00. The predicted molar refractivity (Wildman–Crippen MR) is 54.7 cm³/mol. The number of pyridine rings is 1. The first-order chi connectivity index (χ1) is 6.50. The van der Waals surface area contributed by atoms with Crippen molar-refractivity contribution in [2.75, 3.05) is 0 Å². The van der Waals surface area contributed by atoms with Gasteiger partial charge in [0.2, 0.25) is 5.88 Å². The maximum Gasteiger partial charge on any atom is 0.213 e. The number of hydrogen-bond acceptors (Lipinski definition) is 3. The molecule has 0 N–H and O–H groups in total. The van der Waals surface area contributed by atoms with E-state index in [2.05, 4.69) is 4.98 Å². The topological polar surface area (TPSA) is 39.2 Å². The van der Waals surface area contributed by atoms with Crippen LogP contribution in [-0.4, -0.2) is 16.9 Å². The van der Waals surface area contributed by atoms with Crippen LogP contribution in [0.4, 0.5) is 0 Å². The number of carbonyl (C=O) groups is 1. The Morgan fingerprint density at radius 1 is 1.43 bits per heavy atom. The summed E-state index contributed by atoms with van der Waals surface area (Å²) in [5, 5.41) is 0. The van der Waals surface area contributed by atoms with E-state index >= 15 is 0 Å². The molecule has 0 amide bonds. The Morgan fingerprint density at radius 2 is 2.07 bits per heavy atom. The van der Waals surface area contributed by atoms with Gasteiger partial charge in [0.25, 0.3) is 0 Å². The number of ether oxygens (including phenoxy) is 1. The minimum absolute atomic E-state index is 0.0334. The van der Waals surface area contributed by atoms with Crippen molar-refractivity contribution >= 4 is 5.78 Å². The molecule has 76 valence electrons. The fourth-order valence-electron chi connectivity index (χ4n) is 1.22. The Morgan fingerprint density at radius 3 is 2.50 bits per heavy atom. The molecule has 1 aromatic rings. The number of carbonyl (C=O) groups excluding carboxylic acids is 1. The average Bonchev–Trinajstić information content (AvgIpc) is 2.01. The van der Waals surface area contributed by atoms with Crippen molar-refractivity contribution in [1.82, 2.24) is 4.98 Å². The third-order valence-corrected chi connectivity index (χ3v) is 1.80. The lowest BCUT2D eigenvalue weighted by atomic mass is 10.1. The van der Waals surface area contributed by atoms with Crippen LogP contribution in [0.5, 0.6) is 5.88 Å². The first-order valence-electron chi connectivity index (χ1n) is 4.66. The summed E-state index contributed by atoms with van der Waals surface area (Å²) in [6.07, 6.45) is 0.102. The van der Waals surface area contributed by atoms with Gasteiger partial charge in [0.1, 0.15) is 0 Å². The molecule has 0 fully saturated rings. The molecule has 14 heavy (non-hydrogen) atoms. The maximum atomic E-state index is 11.1. The van der Waals surface area contributed by atoms with E-state index in [1.54, 1.807) is 12.1 Å². The Kier molecular flexibility index (Phi) is 3.23. The highest BCUT2D eigenvalue weighted by Crippen LogP contribution is 2.13. The smallest absolute Gasteiger partial charge is 0.213 e. The Labute approximate surface area is 84.1 Å². The van der Waals surface area contributed by atoms with Gasteiger partial charge in [-0.2, -0.15) is 0 Å². The third-order valence-electron chi connectivity index (χ3n) is 1.80. The molecule has 0 saturated heterocycles. The van der Waals surface area contributed by atoms with Crippen molar-refractivity contribution < 1.29 is 9.53 Å². The van der Waals surface area contributed by atoms with Gasteiger partial charge < -0.3 is 4.74 Å². The van der Waals surface area contributed by atoms with Crippen LogP contribution in [0.25, 0.3) is 0 Å². The maximum absolute atomic E-state index is 11.1. The quantitative estimate of drug-likeness (QED) is 0.692. The van der Waals surface area contributed by atoms with E-state index < -0.39 is 0 Å². The molecule has 3 heteroatoms. The molecule has 0 radical (unpaired) electrons. The van der Waals surface area contributed by atoms with E-state index in [0.717, 1.165) is 5.69 Å². The molecule has 0 saturated carbocycles. The van der Waals surface area contributed by atoms with Crippen molar-refractivity contribution in [2.45, 2.75) is 33.8 Å². The van der Waals surface area contributed by atoms with Gasteiger partial charge in [-0.15, -0.1) is 0 Å². The van der Waals surface area contributed by atoms with Crippen LogP contribution in [0.3, 0.4) is 0 Å². The largest absolute Gasteiger partial charge is 0.475 e. The van der Waals surface area contributed by atoms with E-state index in [1.807, 2.05) is 20.8 Å². The summed E-state index contributed by atoms with van der Waals surface area (Å²) < 4.78 is 5.41. The zero-order valence-corrected chi connectivity index (χ0v) is 9.00. The first-order valence-corrected chi connectivity index (χ1v) is 4.66. The molecular weight excluding hydrogens is 178 g/mol. The highest BCUT2D eigenvalue weighted by atomic mass is 16.5. The molecule has 1 heterocycles. The van der Waals surface area contributed by atoms with Crippen LogP contribution in [0.1, 0.15) is 36.8 Å². The molecule has 0 spiro atoms. The number of Topliss-reactive ketones (excluding diaryl/α,β-unsaturated/α-hetero) is 1. The summed E-state index contributed by atoms with van der Waals surface area (Å²) in [5.41, 5.74) is 1.37. The van der Waals surface area contributed by atoms with Gasteiger partial charge in [-0.25, -0.2) is 4.98 Å². The molecule has 0 aliphatic rings. The third kappa shape index (κ3) is 2.55.